The number of hydrogen-bond donors (Lipinski definition) is 0. The van der Waals surface area contributed by atoms with Gasteiger partial charge in [-0.2, -0.15) is 0 Å². The van der Waals surface area contributed by atoms with Crippen LogP contribution in [0.1, 0.15) is 25.0 Å². The van der Waals surface area contributed by atoms with Crippen LogP contribution >= 0.6 is 11.3 Å². The second-order valence-electron chi connectivity index (χ2n) is 14.2. The third kappa shape index (κ3) is 4.82. The maximum absolute atomic E-state index is 2.46. The number of thiophene rings is 1. The Bertz CT molecular complexity index is 2770. The Balaban J connectivity index is 1.13. The van der Waals surface area contributed by atoms with Crippen molar-refractivity contribution in [3.8, 4) is 33.4 Å². The summed E-state index contributed by atoms with van der Waals surface area (Å²) in [6, 6.07) is 64.8. The Morgan fingerprint density at radius 3 is 1.96 bits per heavy atom. The van der Waals surface area contributed by atoms with Crippen LogP contribution in [0.5, 0.6) is 0 Å². The SMILES string of the molecule is CC1(C)c2cc(N(c3ccc(-c4ccc5ccccc5c4)cc3)c3ccccc3-c3ccccc3)ccc2-c2cc3c(cc21)sc1ccccc13. The summed E-state index contributed by atoms with van der Waals surface area (Å²) in [5.41, 5.74) is 13.6. The zero-order valence-corrected chi connectivity index (χ0v) is 29.4. The number of fused-ring (bicyclic) bond motifs is 7. The van der Waals surface area contributed by atoms with Crippen molar-refractivity contribution in [2.45, 2.75) is 19.3 Å². The van der Waals surface area contributed by atoms with Crippen LogP contribution in [0.4, 0.5) is 17.1 Å². The van der Waals surface area contributed by atoms with Gasteiger partial charge >= 0.3 is 0 Å². The van der Waals surface area contributed by atoms with Gasteiger partial charge in [0.25, 0.3) is 0 Å². The van der Waals surface area contributed by atoms with Crippen LogP contribution in [0.2, 0.25) is 0 Å². The molecule has 10 rings (SSSR count). The van der Waals surface area contributed by atoms with Crippen LogP contribution < -0.4 is 4.90 Å². The minimum atomic E-state index is -0.143. The van der Waals surface area contributed by atoms with Crippen molar-refractivity contribution in [3.05, 3.63) is 187 Å². The Kier molecular flexibility index (Phi) is 6.78. The van der Waals surface area contributed by atoms with Gasteiger partial charge in [0.2, 0.25) is 0 Å². The first kappa shape index (κ1) is 29.9. The highest BCUT2D eigenvalue weighted by Crippen LogP contribution is 2.53. The summed E-state index contributed by atoms with van der Waals surface area (Å²) in [5.74, 6) is 0. The fourth-order valence-electron chi connectivity index (χ4n) is 8.21. The highest BCUT2D eigenvalue weighted by atomic mass is 32.1. The molecule has 0 fully saturated rings. The van der Waals surface area contributed by atoms with Crippen LogP contribution in [0.3, 0.4) is 0 Å². The first-order chi connectivity index (χ1) is 25.0. The van der Waals surface area contributed by atoms with Gasteiger partial charge in [-0.25, -0.2) is 0 Å². The molecule has 0 amide bonds. The van der Waals surface area contributed by atoms with E-state index in [0.717, 1.165) is 17.1 Å². The van der Waals surface area contributed by atoms with Gasteiger partial charge in [0.15, 0.2) is 0 Å². The van der Waals surface area contributed by atoms with E-state index in [9.17, 15) is 0 Å². The number of anilines is 3. The molecular weight excluding hydrogens is 635 g/mol. The largest absolute Gasteiger partial charge is 0.310 e. The van der Waals surface area contributed by atoms with Gasteiger partial charge in [-0.05, 0) is 104 Å². The number of nitrogens with zero attached hydrogens (tertiary/aromatic N) is 1. The molecule has 0 atom stereocenters. The molecule has 242 valence electrons. The van der Waals surface area contributed by atoms with Gasteiger partial charge in [0.05, 0.1) is 5.69 Å². The van der Waals surface area contributed by atoms with Crippen molar-refractivity contribution in [1.82, 2.24) is 0 Å². The smallest absolute Gasteiger partial charge is 0.0540 e. The molecule has 1 aliphatic carbocycles. The van der Waals surface area contributed by atoms with Gasteiger partial charge in [-0.1, -0.05) is 135 Å². The molecule has 9 aromatic rings. The van der Waals surface area contributed by atoms with Crippen LogP contribution in [-0.4, -0.2) is 0 Å². The monoisotopic (exact) mass is 669 g/mol. The molecule has 2 heteroatoms. The average molecular weight is 670 g/mol. The molecule has 8 aromatic carbocycles. The molecule has 0 N–H and O–H groups in total. The second kappa shape index (κ2) is 11.6. The van der Waals surface area contributed by atoms with E-state index in [2.05, 4.69) is 195 Å². The topological polar surface area (TPSA) is 3.24 Å². The number of rotatable bonds is 5. The predicted molar refractivity (Wildman–Crippen MR) is 220 cm³/mol. The maximum Gasteiger partial charge on any atom is 0.0540 e. The molecule has 0 radical (unpaired) electrons. The molecular formula is C49H35NS. The van der Waals surface area contributed by atoms with Crippen LogP contribution in [0.25, 0.3) is 64.3 Å². The van der Waals surface area contributed by atoms with Gasteiger partial charge in [0, 0.05) is 42.5 Å². The van der Waals surface area contributed by atoms with Crippen molar-refractivity contribution in [1.29, 1.82) is 0 Å². The van der Waals surface area contributed by atoms with Crippen molar-refractivity contribution in [2.75, 3.05) is 4.90 Å². The van der Waals surface area contributed by atoms with Crippen molar-refractivity contribution in [3.63, 3.8) is 0 Å². The van der Waals surface area contributed by atoms with Crippen LogP contribution in [-0.2, 0) is 5.41 Å². The summed E-state index contributed by atoms with van der Waals surface area (Å²) in [5, 5.41) is 5.22. The van der Waals surface area contributed by atoms with Crippen LogP contribution in [0.15, 0.2) is 176 Å². The summed E-state index contributed by atoms with van der Waals surface area (Å²) in [6.45, 7) is 4.78. The van der Waals surface area contributed by atoms with Crippen LogP contribution in [0, 0.1) is 0 Å². The van der Waals surface area contributed by atoms with E-state index in [1.807, 2.05) is 11.3 Å². The minimum Gasteiger partial charge on any atom is -0.310 e. The van der Waals surface area contributed by atoms with Crippen molar-refractivity contribution in [2.24, 2.45) is 0 Å². The molecule has 51 heavy (non-hydrogen) atoms. The highest BCUT2D eigenvalue weighted by molar-refractivity contribution is 7.25. The lowest BCUT2D eigenvalue weighted by molar-refractivity contribution is 0.661. The number of benzene rings is 8. The molecule has 0 aliphatic heterocycles. The predicted octanol–water partition coefficient (Wildman–Crippen LogP) is 14.3. The van der Waals surface area contributed by atoms with E-state index < -0.39 is 0 Å². The summed E-state index contributed by atoms with van der Waals surface area (Å²) in [6.07, 6.45) is 0. The molecule has 0 spiro atoms. The molecule has 0 saturated heterocycles. The fraction of sp³-hybridized carbons (Fsp3) is 0.0612. The second-order valence-corrected chi connectivity index (χ2v) is 15.3. The molecule has 1 heterocycles. The zero-order valence-electron chi connectivity index (χ0n) is 28.6. The lowest BCUT2D eigenvalue weighted by Gasteiger charge is -2.30. The quantitative estimate of drug-likeness (QED) is 0.176. The number of para-hydroxylation sites is 1. The van der Waals surface area contributed by atoms with Gasteiger partial charge in [0.1, 0.15) is 0 Å². The van der Waals surface area contributed by atoms with E-state index in [0.29, 0.717) is 0 Å². The standard InChI is InChI=1S/C49H35NS/c1-49(2)44-29-38(26-27-40(44)42-30-43-41-17-9-11-19-47(41)51-48(43)31-45(42)49)50(46-18-10-8-16-39(46)34-13-4-3-5-14-34)37-24-22-33(23-25-37)36-21-20-32-12-6-7-15-35(32)28-36/h3-31H,1-2H3. The first-order valence-corrected chi connectivity index (χ1v) is 18.5. The zero-order chi connectivity index (χ0) is 34.1. The molecule has 1 aliphatic rings. The molecule has 1 aromatic heterocycles. The van der Waals surface area contributed by atoms with E-state index in [4.69, 9.17) is 0 Å². The molecule has 0 unspecified atom stereocenters. The maximum atomic E-state index is 2.46. The van der Waals surface area contributed by atoms with E-state index in [1.165, 1.54) is 75.5 Å². The molecule has 0 bridgehead atoms. The van der Waals surface area contributed by atoms with E-state index >= 15 is 0 Å². The van der Waals surface area contributed by atoms with Crippen molar-refractivity contribution < 1.29 is 0 Å². The van der Waals surface area contributed by atoms with E-state index in [1.54, 1.807) is 0 Å². The normalized spacial score (nSPS) is 13.1. The highest BCUT2D eigenvalue weighted by Gasteiger charge is 2.37. The summed E-state index contributed by atoms with van der Waals surface area (Å²) in [4.78, 5) is 2.44. The minimum absolute atomic E-state index is 0.143. The summed E-state index contributed by atoms with van der Waals surface area (Å²) in [7, 11) is 0. The Morgan fingerprint density at radius 2 is 1.10 bits per heavy atom. The molecule has 0 saturated carbocycles. The lowest BCUT2D eigenvalue weighted by atomic mass is 9.82. The lowest BCUT2D eigenvalue weighted by Crippen LogP contribution is -2.17. The number of hydrogen-bond acceptors (Lipinski definition) is 2. The van der Waals surface area contributed by atoms with Crippen molar-refractivity contribution >= 4 is 59.3 Å². The molecule has 1 nitrogen and oxygen atoms in total. The third-order valence-electron chi connectivity index (χ3n) is 10.9. The van der Waals surface area contributed by atoms with Gasteiger partial charge in [-0.15, -0.1) is 11.3 Å². The van der Waals surface area contributed by atoms with Gasteiger partial charge in [-0.3, -0.25) is 0 Å². The third-order valence-corrected chi connectivity index (χ3v) is 12.0. The Morgan fingerprint density at radius 1 is 0.412 bits per heavy atom. The average Bonchev–Trinajstić information content (AvgIpc) is 3.65. The first-order valence-electron chi connectivity index (χ1n) is 17.7. The Hall–Kier alpha value is -5.96. The summed E-state index contributed by atoms with van der Waals surface area (Å²) < 4.78 is 2.71. The van der Waals surface area contributed by atoms with E-state index in [-0.39, 0.29) is 5.41 Å². The van der Waals surface area contributed by atoms with Gasteiger partial charge < -0.3 is 4.90 Å². The Labute approximate surface area is 302 Å². The summed E-state index contributed by atoms with van der Waals surface area (Å²) >= 11 is 1.90. The fourth-order valence-corrected chi connectivity index (χ4v) is 9.34.